The standard InChI is InChI=1S/C15H11N3O3S/c16-10-5-6-11-12(7-10)22-15(17-11)18-13(19)8-1-3-9(4-2-8)14(20)21/h1-7H,16H2,(H,20,21)(H,17,18,19). The van der Waals surface area contributed by atoms with Gasteiger partial charge >= 0.3 is 5.97 Å². The Balaban J connectivity index is 1.81. The van der Waals surface area contributed by atoms with Gasteiger partial charge in [0.1, 0.15) is 0 Å². The molecule has 110 valence electrons. The quantitative estimate of drug-likeness (QED) is 0.645. The van der Waals surface area contributed by atoms with Crippen molar-refractivity contribution in [2.45, 2.75) is 0 Å². The van der Waals surface area contributed by atoms with Crippen molar-refractivity contribution in [3.8, 4) is 0 Å². The van der Waals surface area contributed by atoms with Crippen LogP contribution in [0.2, 0.25) is 0 Å². The van der Waals surface area contributed by atoms with Gasteiger partial charge in [0.25, 0.3) is 5.91 Å². The number of nitrogens with zero attached hydrogens (tertiary/aromatic N) is 1. The van der Waals surface area contributed by atoms with Gasteiger partial charge in [-0.15, -0.1) is 0 Å². The number of benzene rings is 2. The Bertz CT molecular complexity index is 871. The van der Waals surface area contributed by atoms with Crippen molar-refractivity contribution in [3.63, 3.8) is 0 Å². The molecule has 6 nitrogen and oxygen atoms in total. The van der Waals surface area contributed by atoms with Crippen LogP contribution < -0.4 is 11.1 Å². The van der Waals surface area contributed by atoms with Gasteiger partial charge in [-0.25, -0.2) is 9.78 Å². The first-order chi connectivity index (χ1) is 10.5. The fourth-order valence-electron chi connectivity index (χ4n) is 1.93. The summed E-state index contributed by atoms with van der Waals surface area (Å²) < 4.78 is 0.886. The summed E-state index contributed by atoms with van der Waals surface area (Å²) in [5, 5.41) is 12.0. The molecule has 3 aromatic rings. The van der Waals surface area contributed by atoms with Gasteiger partial charge in [0.05, 0.1) is 15.8 Å². The van der Waals surface area contributed by atoms with E-state index < -0.39 is 5.97 Å². The molecule has 0 saturated heterocycles. The number of amides is 1. The van der Waals surface area contributed by atoms with Crippen molar-refractivity contribution in [3.05, 3.63) is 53.6 Å². The van der Waals surface area contributed by atoms with E-state index in [-0.39, 0.29) is 11.5 Å². The summed E-state index contributed by atoms with van der Waals surface area (Å²) in [6, 6.07) is 11.0. The summed E-state index contributed by atoms with van der Waals surface area (Å²) in [4.78, 5) is 27.2. The van der Waals surface area contributed by atoms with Gasteiger partial charge in [0.15, 0.2) is 5.13 Å². The van der Waals surface area contributed by atoms with E-state index in [1.165, 1.54) is 35.6 Å². The zero-order chi connectivity index (χ0) is 15.7. The van der Waals surface area contributed by atoms with E-state index in [1.807, 2.05) is 0 Å². The third kappa shape index (κ3) is 2.75. The normalized spacial score (nSPS) is 10.5. The van der Waals surface area contributed by atoms with E-state index in [2.05, 4.69) is 10.3 Å². The second-order valence-corrected chi connectivity index (χ2v) is 5.61. The number of nitrogen functional groups attached to an aromatic ring is 1. The first-order valence-electron chi connectivity index (χ1n) is 6.34. The number of anilines is 2. The van der Waals surface area contributed by atoms with Crippen LogP contribution in [0.25, 0.3) is 10.2 Å². The Morgan fingerprint density at radius 3 is 2.45 bits per heavy atom. The second-order valence-electron chi connectivity index (χ2n) is 4.58. The number of hydrogen-bond acceptors (Lipinski definition) is 5. The molecule has 0 bridgehead atoms. The maximum absolute atomic E-state index is 12.1. The highest BCUT2D eigenvalue weighted by atomic mass is 32.1. The highest BCUT2D eigenvalue weighted by Crippen LogP contribution is 2.27. The van der Waals surface area contributed by atoms with Crippen molar-refractivity contribution in [1.82, 2.24) is 4.98 Å². The van der Waals surface area contributed by atoms with Crippen molar-refractivity contribution in [1.29, 1.82) is 0 Å². The van der Waals surface area contributed by atoms with Crippen LogP contribution in [0.3, 0.4) is 0 Å². The molecule has 4 N–H and O–H groups in total. The van der Waals surface area contributed by atoms with Gasteiger partial charge in [0, 0.05) is 11.3 Å². The molecule has 7 heteroatoms. The van der Waals surface area contributed by atoms with Crippen LogP contribution in [-0.4, -0.2) is 22.0 Å². The van der Waals surface area contributed by atoms with Crippen LogP contribution >= 0.6 is 11.3 Å². The van der Waals surface area contributed by atoms with Crippen LogP contribution in [0, 0.1) is 0 Å². The zero-order valence-electron chi connectivity index (χ0n) is 11.2. The predicted molar refractivity (Wildman–Crippen MR) is 85.4 cm³/mol. The van der Waals surface area contributed by atoms with Gasteiger partial charge in [-0.05, 0) is 42.5 Å². The number of rotatable bonds is 3. The van der Waals surface area contributed by atoms with E-state index in [4.69, 9.17) is 10.8 Å². The number of carboxylic acids is 1. The van der Waals surface area contributed by atoms with Gasteiger partial charge in [-0.1, -0.05) is 11.3 Å². The average Bonchev–Trinajstić information content (AvgIpc) is 2.88. The molecule has 2 aromatic carbocycles. The number of fused-ring (bicyclic) bond motifs is 1. The fourth-order valence-corrected chi connectivity index (χ4v) is 2.84. The third-order valence-corrected chi connectivity index (χ3v) is 3.96. The largest absolute Gasteiger partial charge is 0.478 e. The minimum absolute atomic E-state index is 0.131. The highest BCUT2D eigenvalue weighted by Gasteiger charge is 2.11. The molecule has 0 fully saturated rings. The Hall–Kier alpha value is -2.93. The van der Waals surface area contributed by atoms with Crippen molar-refractivity contribution < 1.29 is 14.7 Å². The monoisotopic (exact) mass is 313 g/mol. The molecule has 3 rings (SSSR count). The number of carbonyl (C=O) groups is 2. The van der Waals surface area contributed by atoms with Crippen molar-refractivity contribution in [2.75, 3.05) is 11.1 Å². The fraction of sp³-hybridized carbons (Fsp3) is 0. The Kier molecular flexibility index (Phi) is 3.48. The number of thiazole rings is 1. The molecule has 0 saturated carbocycles. The number of aromatic carboxylic acids is 1. The minimum atomic E-state index is -1.03. The Labute approximate surface area is 129 Å². The lowest BCUT2D eigenvalue weighted by molar-refractivity contribution is 0.0696. The maximum atomic E-state index is 12.1. The smallest absolute Gasteiger partial charge is 0.335 e. The lowest BCUT2D eigenvalue weighted by Crippen LogP contribution is -2.11. The van der Waals surface area contributed by atoms with E-state index in [0.717, 1.165) is 10.2 Å². The summed E-state index contributed by atoms with van der Waals surface area (Å²) in [5.41, 5.74) is 7.60. The first-order valence-corrected chi connectivity index (χ1v) is 7.15. The summed E-state index contributed by atoms with van der Waals surface area (Å²) in [6.07, 6.45) is 0. The molecule has 0 spiro atoms. The second kappa shape index (κ2) is 5.45. The highest BCUT2D eigenvalue weighted by molar-refractivity contribution is 7.22. The molecule has 0 unspecified atom stereocenters. The number of carbonyl (C=O) groups excluding carboxylic acids is 1. The molecule has 0 aliphatic heterocycles. The lowest BCUT2D eigenvalue weighted by atomic mass is 10.1. The molecular weight excluding hydrogens is 302 g/mol. The number of aromatic nitrogens is 1. The van der Waals surface area contributed by atoms with E-state index in [9.17, 15) is 9.59 Å². The lowest BCUT2D eigenvalue weighted by Gasteiger charge is -2.01. The average molecular weight is 313 g/mol. The van der Waals surface area contributed by atoms with Crippen LogP contribution in [0.5, 0.6) is 0 Å². The number of hydrogen-bond donors (Lipinski definition) is 3. The van der Waals surface area contributed by atoms with Crippen molar-refractivity contribution >= 4 is 44.2 Å². The summed E-state index contributed by atoms with van der Waals surface area (Å²) in [6.45, 7) is 0. The minimum Gasteiger partial charge on any atom is -0.478 e. The topological polar surface area (TPSA) is 105 Å². The van der Waals surface area contributed by atoms with Gasteiger partial charge in [0.2, 0.25) is 0 Å². The zero-order valence-corrected chi connectivity index (χ0v) is 12.1. The number of nitrogens with one attached hydrogen (secondary N) is 1. The maximum Gasteiger partial charge on any atom is 0.335 e. The van der Waals surface area contributed by atoms with Crippen molar-refractivity contribution in [2.24, 2.45) is 0 Å². The summed E-state index contributed by atoms with van der Waals surface area (Å²) >= 11 is 1.33. The molecule has 0 atom stereocenters. The predicted octanol–water partition coefficient (Wildman–Crippen LogP) is 2.83. The van der Waals surface area contributed by atoms with Gasteiger partial charge < -0.3 is 10.8 Å². The van der Waals surface area contributed by atoms with E-state index >= 15 is 0 Å². The van der Waals surface area contributed by atoms with E-state index in [0.29, 0.717) is 16.4 Å². The molecule has 0 aliphatic rings. The number of nitrogens with two attached hydrogens (primary N) is 1. The third-order valence-electron chi connectivity index (χ3n) is 3.03. The Morgan fingerprint density at radius 2 is 1.77 bits per heavy atom. The first kappa shape index (κ1) is 14.0. The molecule has 0 radical (unpaired) electrons. The Morgan fingerprint density at radius 1 is 1.09 bits per heavy atom. The summed E-state index contributed by atoms with van der Waals surface area (Å²) in [5.74, 6) is -1.38. The molecule has 1 aromatic heterocycles. The molecule has 1 amide bonds. The SMILES string of the molecule is Nc1ccc2nc(NC(=O)c3ccc(C(=O)O)cc3)sc2c1. The van der Waals surface area contributed by atoms with E-state index in [1.54, 1.807) is 18.2 Å². The molecule has 0 aliphatic carbocycles. The van der Waals surface area contributed by atoms with Gasteiger partial charge in [-0.2, -0.15) is 0 Å². The van der Waals surface area contributed by atoms with Gasteiger partial charge in [-0.3, -0.25) is 10.1 Å². The molecule has 22 heavy (non-hydrogen) atoms. The van der Waals surface area contributed by atoms with Crippen LogP contribution in [0.4, 0.5) is 10.8 Å². The number of carboxylic acid groups (broad SMARTS) is 1. The van der Waals surface area contributed by atoms with Crippen LogP contribution in [-0.2, 0) is 0 Å². The summed E-state index contributed by atoms with van der Waals surface area (Å²) in [7, 11) is 0. The molecule has 1 heterocycles. The van der Waals surface area contributed by atoms with Crippen LogP contribution in [0.15, 0.2) is 42.5 Å². The molecular formula is C15H11N3O3S. The van der Waals surface area contributed by atoms with Crippen LogP contribution in [0.1, 0.15) is 20.7 Å².